The zero-order chi connectivity index (χ0) is 17.1. The molecule has 2 N–H and O–H groups in total. The van der Waals surface area contributed by atoms with Crippen LogP contribution in [0.15, 0.2) is 55.0 Å². The van der Waals surface area contributed by atoms with Gasteiger partial charge in [0.25, 0.3) is 5.91 Å². The summed E-state index contributed by atoms with van der Waals surface area (Å²) in [4.78, 5) is 16.4. The van der Waals surface area contributed by atoms with Crippen molar-refractivity contribution < 1.29 is 9.90 Å². The molecule has 24 heavy (non-hydrogen) atoms. The highest BCUT2D eigenvalue weighted by Crippen LogP contribution is 2.22. The molecule has 7 heteroatoms. The third kappa shape index (κ3) is 3.40. The Balaban J connectivity index is 1.82. The van der Waals surface area contributed by atoms with Gasteiger partial charge >= 0.3 is 0 Å². The molecule has 0 aliphatic heterocycles. The Kier molecular flexibility index (Phi) is 4.79. The van der Waals surface area contributed by atoms with Gasteiger partial charge < -0.3 is 10.4 Å². The average Bonchev–Trinajstić information content (AvgIpc) is 2.97. The Morgan fingerprint density at radius 3 is 2.79 bits per heavy atom. The quantitative estimate of drug-likeness (QED) is 0.619. The van der Waals surface area contributed by atoms with Crippen LogP contribution in [0.1, 0.15) is 29.0 Å². The molecule has 3 aromatic rings. The molecule has 0 bridgehead atoms. The fourth-order valence-electron chi connectivity index (χ4n) is 2.27. The predicted octanol–water partition coefficient (Wildman–Crippen LogP) is 3.07. The fourth-order valence-corrected chi connectivity index (χ4v) is 2.90. The van der Waals surface area contributed by atoms with Crippen LogP contribution in [-0.2, 0) is 0 Å². The molecule has 2 heterocycles. The summed E-state index contributed by atoms with van der Waals surface area (Å²) in [6, 6.07) is 11.0. The standard InChI is InChI=1S/C17H15IN4O2/c1-11(12-5-4-8-19-9-12)20-17(24)16-15(23)10-22(21-16)14-7-3-2-6-13(14)18/h2-11,23H,1H3,(H,20,24)/t11-/m0/s1. The number of hydrogen-bond donors (Lipinski definition) is 2. The summed E-state index contributed by atoms with van der Waals surface area (Å²) in [5.41, 5.74) is 1.67. The van der Waals surface area contributed by atoms with Crippen molar-refractivity contribution in [2.45, 2.75) is 13.0 Å². The molecule has 0 saturated heterocycles. The maximum Gasteiger partial charge on any atom is 0.276 e. The van der Waals surface area contributed by atoms with Crippen LogP contribution in [-0.4, -0.2) is 25.8 Å². The molecule has 6 nitrogen and oxygen atoms in total. The van der Waals surface area contributed by atoms with Crippen molar-refractivity contribution in [3.63, 3.8) is 0 Å². The number of para-hydroxylation sites is 1. The second-order valence-electron chi connectivity index (χ2n) is 5.24. The maximum atomic E-state index is 12.4. The van der Waals surface area contributed by atoms with E-state index in [1.807, 2.05) is 43.3 Å². The maximum absolute atomic E-state index is 12.4. The van der Waals surface area contributed by atoms with Gasteiger partial charge in [-0.1, -0.05) is 18.2 Å². The van der Waals surface area contributed by atoms with Gasteiger partial charge in [-0.3, -0.25) is 9.78 Å². The molecule has 1 amide bonds. The van der Waals surface area contributed by atoms with Crippen molar-refractivity contribution in [2.75, 3.05) is 0 Å². The van der Waals surface area contributed by atoms with E-state index >= 15 is 0 Å². The lowest BCUT2D eigenvalue weighted by Gasteiger charge is -2.12. The van der Waals surface area contributed by atoms with Gasteiger partial charge in [0.05, 0.1) is 17.9 Å². The number of carbonyl (C=O) groups is 1. The molecule has 3 rings (SSSR count). The topological polar surface area (TPSA) is 80.0 Å². The van der Waals surface area contributed by atoms with E-state index in [9.17, 15) is 9.90 Å². The third-order valence-electron chi connectivity index (χ3n) is 3.54. The van der Waals surface area contributed by atoms with Crippen LogP contribution in [0.25, 0.3) is 5.69 Å². The average molecular weight is 434 g/mol. The number of halogens is 1. The number of carbonyl (C=O) groups excluding carboxylic acids is 1. The summed E-state index contributed by atoms with van der Waals surface area (Å²) in [7, 11) is 0. The van der Waals surface area contributed by atoms with E-state index in [1.54, 1.807) is 12.4 Å². The van der Waals surface area contributed by atoms with E-state index in [2.05, 4.69) is 38.0 Å². The number of benzene rings is 1. The molecular formula is C17H15IN4O2. The minimum absolute atomic E-state index is 0.00890. The van der Waals surface area contributed by atoms with Crippen molar-refractivity contribution in [3.8, 4) is 11.4 Å². The second kappa shape index (κ2) is 7.00. The summed E-state index contributed by atoms with van der Waals surface area (Å²) in [5.74, 6) is -0.598. The molecule has 1 aromatic carbocycles. The smallest absolute Gasteiger partial charge is 0.276 e. The van der Waals surface area contributed by atoms with Crippen LogP contribution in [0.5, 0.6) is 5.75 Å². The van der Waals surface area contributed by atoms with Gasteiger partial charge in [-0.25, -0.2) is 4.68 Å². The molecule has 0 unspecified atom stereocenters. The van der Waals surface area contributed by atoms with Crippen LogP contribution < -0.4 is 5.32 Å². The van der Waals surface area contributed by atoms with Gasteiger partial charge in [-0.05, 0) is 53.3 Å². The zero-order valence-electron chi connectivity index (χ0n) is 12.8. The minimum atomic E-state index is -0.437. The molecule has 0 radical (unpaired) electrons. The summed E-state index contributed by atoms with van der Waals surface area (Å²) < 4.78 is 2.47. The Bertz CT molecular complexity index is 864. The Hall–Kier alpha value is -2.42. The van der Waals surface area contributed by atoms with Crippen LogP contribution in [0.2, 0.25) is 0 Å². The van der Waals surface area contributed by atoms with Crippen LogP contribution >= 0.6 is 22.6 Å². The first-order valence-electron chi connectivity index (χ1n) is 7.30. The first-order chi connectivity index (χ1) is 11.6. The monoisotopic (exact) mass is 434 g/mol. The Morgan fingerprint density at radius 2 is 2.08 bits per heavy atom. The van der Waals surface area contributed by atoms with E-state index in [-0.39, 0.29) is 17.5 Å². The summed E-state index contributed by atoms with van der Waals surface area (Å²) >= 11 is 2.18. The zero-order valence-corrected chi connectivity index (χ0v) is 15.0. The Labute approximate surface area is 152 Å². The molecule has 0 fully saturated rings. The number of nitrogens with zero attached hydrogens (tertiary/aromatic N) is 3. The first kappa shape index (κ1) is 16.4. The number of amides is 1. The number of nitrogens with one attached hydrogen (secondary N) is 1. The number of rotatable bonds is 4. The molecule has 0 saturated carbocycles. The first-order valence-corrected chi connectivity index (χ1v) is 8.38. The molecule has 1 atom stereocenters. The van der Waals surface area contributed by atoms with E-state index < -0.39 is 5.91 Å². The predicted molar refractivity (Wildman–Crippen MR) is 98.1 cm³/mol. The molecule has 0 aliphatic carbocycles. The lowest BCUT2D eigenvalue weighted by Crippen LogP contribution is -2.27. The Morgan fingerprint density at radius 1 is 1.29 bits per heavy atom. The number of hydrogen-bond acceptors (Lipinski definition) is 4. The van der Waals surface area contributed by atoms with Gasteiger partial charge in [0.1, 0.15) is 0 Å². The van der Waals surface area contributed by atoms with Crippen LogP contribution in [0.4, 0.5) is 0 Å². The molecule has 122 valence electrons. The van der Waals surface area contributed by atoms with Gasteiger partial charge in [0.15, 0.2) is 11.4 Å². The van der Waals surface area contributed by atoms with E-state index in [1.165, 1.54) is 10.9 Å². The van der Waals surface area contributed by atoms with Gasteiger partial charge in [-0.2, -0.15) is 5.10 Å². The molecular weight excluding hydrogens is 419 g/mol. The number of pyridine rings is 1. The normalized spacial score (nSPS) is 11.9. The number of aromatic hydroxyl groups is 1. The van der Waals surface area contributed by atoms with Crippen molar-refractivity contribution in [1.82, 2.24) is 20.1 Å². The fraction of sp³-hybridized carbons (Fsp3) is 0.118. The summed E-state index contributed by atoms with van der Waals surface area (Å²) in [5, 5.41) is 17.1. The highest BCUT2D eigenvalue weighted by atomic mass is 127. The summed E-state index contributed by atoms with van der Waals surface area (Å²) in [6.45, 7) is 1.85. The second-order valence-corrected chi connectivity index (χ2v) is 6.40. The van der Waals surface area contributed by atoms with Crippen molar-refractivity contribution in [2.24, 2.45) is 0 Å². The van der Waals surface area contributed by atoms with E-state index in [0.29, 0.717) is 0 Å². The highest BCUT2D eigenvalue weighted by Gasteiger charge is 2.20. The van der Waals surface area contributed by atoms with Crippen molar-refractivity contribution >= 4 is 28.5 Å². The minimum Gasteiger partial charge on any atom is -0.504 e. The van der Waals surface area contributed by atoms with Crippen LogP contribution in [0.3, 0.4) is 0 Å². The SMILES string of the molecule is C[C@H](NC(=O)c1nn(-c2ccccc2I)cc1O)c1cccnc1. The van der Waals surface area contributed by atoms with Crippen molar-refractivity contribution in [3.05, 3.63) is 69.8 Å². The molecule has 0 spiro atoms. The van der Waals surface area contributed by atoms with Gasteiger partial charge in [-0.15, -0.1) is 0 Å². The lowest BCUT2D eigenvalue weighted by molar-refractivity contribution is 0.0931. The molecule has 2 aromatic heterocycles. The van der Waals surface area contributed by atoms with Crippen LogP contribution in [0, 0.1) is 3.57 Å². The van der Waals surface area contributed by atoms with Gasteiger partial charge in [0, 0.05) is 16.0 Å². The third-order valence-corrected chi connectivity index (χ3v) is 4.45. The largest absolute Gasteiger partial charge is 0.504 e. The molecule has 0 aliphatic rings. The van der Waals surface area contributed by atoms with E-state index in [0.717, 1.165) is 14.8 Å². The van der Waals surface area contributed by atoms with Gasteiger partial charge in [0.2, 0.25) is 0 Å². The lowest BCUT2D eigenvalue weighted by atomic mass is 10.1. The highest BCUT2D eigenvalue weighted by molar-refractivity contribution is 14.1. The number of aromatic nitrogens is 3. The van der Waals surface area contributed by atoms with Crippen molar-refractivity contribution in [1.29, 1.82) is 0 Å². The summed E-state index contributed by atoms with van der Waals surface area (Å²) in [6.07, 6.45) is 4.80. The van der Waals surface area contributed by atoms with E-state index in [4.69, 9.17) is 0 Å².